The third kappa shape index (κ3) is 7.03. The van der Waals surface area contributed by atoms with E-state index in [9.17, 15) is 12.6 Å². The van der Waals surface area contributed by atoms with Gasteiger partial charge in [-0.15, -0.1) is 0 Å². The van der Waals surface area contributed by atoms with Crippen LogP contribution in [0.1, 0.15) is 20.8 Å². The van der Waals surface area contributed by atoms with Crippen molar-refractivity contribution in [2.24, 2.45) is 0 Å². The van der Waals surface area contributed by atoms with Crippen LogP contribution in [0.2, 0.25) is 0 Å². The minimum absolute atomic E-state index is 0.0526. The van der Waals surface area contributed by atoms with Crippen molar-refractivity contribution in [1.29, 1.82) is 0 Å². The van der Waals surface area contributed by atoms with Crippen molar-refractivity contribution in [1.82, 2.24) is 5.32 Å². The molecule has 0 rings (SSSR count). The second-order valence-corrected chi connectivity index (χ2v) is 8.02. The summed E-state index contributed by atoms with van der Waals surface area (Å²) in [7, 11) is -3.79. The van der Waals surface area contributed by atoms with E-state index in [4.69, 9.17) is 0 Å². The van der Waals surface area contributed by atoms with E-state index in [1.165, 1.54) is 0 Å². The first-order valence-electron chi connectivity index (χ1n) is 5.04. The molecule has 0 amide bonds. The highest BCUT2D eigenvalue weighted by Gasteiger charge is 2.14. The molecule has 0 aliphatic heterocycles. The molecule has 0 spiro atoms. The lowest BCUT2D eigenvalue weighted by atomic mass is 10.3. The van der Waals surface area contributed by atoms with Crippen LogP contribution >= 0.6 is 0 Å². The first-order valence-corrected chi connectivity index (χ1v) is 8.48. The highest BCUT2D eigenvalue weighted by molar-refractivity contribution is 7.91. The van der Waals surface area contributed by atoms with E-state index in [2.05, 4.69) is 5.32 Å². The maximum atomic E-state index is 11.3. The summed E-state index contributed by atoms with van der Waals surface area (Å²) in [4.78, 5) is 0. The van der Waals surface area contributed by atoms with Crippen LogP contribution in [0.4, 0.5) is 0 Å². The zero-order valence-electron chi connectivity index (χ0n) is 9.82. The highest BCUT2D eigenvalue weighted by Crippen LogP contribution is 1.96. The zero-order chi connectivity index (χ0) is 12.1. The molecular formula is C9H21NO3S2. The second-order valence-electron chi connectivity index (χ2n) is 3.82. The fourth-order valence-corrected chi connectivity index (χ4v) is 2.49. The zero-order valence-corrected chi connectivity index (χ0v) is 11.5. The molecule has 3 unspecified atom stereocenters. The molecule has 0 radical (unpaired) electrons. The molecule has 0 aromatic heterocycles. The van der Waals surface area contributed by atoms with Gasteiger partial charge in [-0.05, 0) is 13.8 Å². The molecule has 92 valence electrons. The van der Waals surface area contributed by atoms with Gasteiger partial charge >= 0.3 is 0 Å². The van der Waals surface area contributed by atoms with Gasteiger partial charge in [0.25, 0.3) is 0 Å². The van der Waals surface area contributed by atoms with E-state index in [-0.39, 0.29) is 22.8 Å². The lowest BCUT2D eigenvalue weighted by Gasteiger charge is -2.16. The van der Waals surface area contributed by atoms with Crippen LogP contribution in [0.5, 0.6) is 0 Å². The van der Waals surface area contributed by atoms with Gasteiger partial charge in [0.15, 0.2) is 9.84 Å². The maximum absolute atomic E-state index is 11.3. The van der Waals surface area contributed by atoms with Gasteiger partial charge in [0.1, 0.15) is 0 Å². The molecule has 0 heterocycles. The average Bonchev–Trinajstić information content (AvgIpc) is 2.13. The van der Waals surface area contributed by atoms with Crippen LogP contribution in [0.15, 0.2) is 0 Å². The van der Waals surface area contributed by atoms with Gasteiger partial charge < -0.3 is 5.32 Å². The van der Waals surface area contributed by atoms with E-state index in [1.807, 2.05) is 13.8 Å². The molecule has 0 aliphatic carbocycles. The number of hydrogen-bond acceptors (Lipinski definition) is 4. The summed E-state index contributed by atoms with van der Waals surface area (Å²) < 4.78 is 33.6. The van der Waals surface area contributed by atoms with Gasteiger partial charge in [-0.25, -0.2) is 8.42 Å². The van der Waals surface area contributed by atoms with Gasteiger partial charge in [-0.2, -0.15) is 0 Å². The Bertz CT molecular complexity index is 300. The van der Waals surface area contributed by atoms with Gasteiger partial charge in [0.2, 0.25) is 0 Å². The summed E-state index contributed by atoms with van der Waals surface area (Å²) in [6.45, 7) is 5.94. The van der Waals surface area contributed by atoms with Crippen LogP contribution in [-0.2, 0) is 20.6 Å². The fraction of sp³-hybridized carbons (Fsp3) is 1.00. The summed E-state index contributed by atoms with van der Waals surface area (Å²) in [5.74, 6) is 0.320. The third-order valence-corrected chi connectivity index (χ3v) is 5.45. The average molecular weight is 255 g/mol. The molecule has 3 atom stereocenters. The summed E-state index contributed by atoms with van der Waals surface area (Å²) in [5, 5.41) is 3.13. The molecule has 0 bridgehead atoms. The molecule has 4 nitrogen and oxygen atoms in total. The molecule has 15 heavy (non-hydrogen) atoms. The van der Waals surface area contributed by atoms with Crippen LogP contribution in [0.3, 0.4) is 0 Å². The Morgan fingerprint density at radius 1 is 1.33 bits per heavy atom. The minimum atomic E-state index is -2.93. The van der Waals surface area contributed by atoms with Crippen LogP contribution in [0, 0.1) is 0 Å². The monoisotopic (exact) mass is 255 g/mol. The normalized spacial score (nSPS) is 18.4. The standard InChI is InChI=1S/C9H21NO3S2/c1-5-15(12,13)7-8(2)10-6-9(3)14(4)11/h8-10H,5-7H2,1-4H3. The molecule has 0 saturated carbocycles. The first kappa shape index (κ1) is 15.1. The Morgan fingerprint density at radius 2 is 1.87 bits per heavy atom. The Kier molecular flexibility index (Phi) is 6.63. The van der Waals surface area contributed by atoms with Gasteiger partial charge in [0, 0.05) is 40.6 Å². The van der Waals surface area contributed by atoms with E-state index >= 15 is 0 Å². The number of sulfone groups is 1. The largest absolute Gasteiger partial charge is 0.312 e. The van der Waals surface area contributed by atoms with Crippen molar-refractivity contribution in [3.63, 3.8) is 0 Å². The Morgan fingerprint density at radius 3 is 2.27 bits per heavy atom. The lowest BCUT2D eigenvalue weighted by molar-refractivity contribution is 0.555. The van der Waals surface area contributed by atoms with Gasteiger partial charge in [-0.1, -0.05) is 6.92 Å². The topological polar surface area (TPSA) is 63.2 Å². The van der Waals surface area contributed by atoms with Gasteiger partial charge in [-0.3, -0.25) is 4.21 Å². The fourth-order valence-electron chi connectivity index (χ4n) is 1.04. The lowest BCUT2D eigenvalue weighted by Crippen LogP contribution is -2.38. The Labute approximate surface area is 95.2 Å². The van der Waals surface area contributed by atoms with Gasteiger partial charge in [0.05, 0.1) is 5.75 Å². The quantitative estimate of drug-likeness (QED) is 0.704. The molecule has 0 aromatic rings. The van der Waals surface area contributed by atoms with Crippen LogP contribution in [0.25, 0.3) is 0 Å². The Hall–Kier alpha value is 0.0600. The summed E-state index contributed by atoms with van der Waals surface area (Å²) in [5.41, 5.74) is 0. The molecular weight excluding hydrogens is 234 g/mol. The van der Waals surface area contributed by atoms with Crippen molar-refractivity contribution in [3.8, 4) is 0 Å². The highest BCUT2D eigenvalue weighted by atomic mass is 32.2. The van der Waals surface area contributed by atoms with Crippen molar-refractivity contribution in [3.05, 3.63) is 0 Å². The van der Waals surface area contributed by atoms with Crippen molar-refractivity contribution < 1.29 is 12.6 Å². The molecule has 0 saturated heterocycles. The SMILES string of the molecule is CCS(=O)(=O)CC(C)NCC(C)S(C)=O. The van der Waals surface area contributed by atoms with E-state index in [0.717, 1.165) is 0 Å². The van der Waals surface area contributed by atoms with Crippen molar-refractivity contribution in [2.45, 2.75) is 32.1 Å². The van der Waals surface area contributed by atoms with Crippen molar-refractivity contribution >= 4 is 20.6 Å². The molecule has 1 N–H and O–H groups in total. The third-order valence-electron chi connectivity index (χ3n) is 2.26. The maximum Gasteiger partial charge on any atom is 0.151 e. The summed E-state index contributed by atoms with van der Waals surface area (Å²) in [6.07, 6.45) is 1.65. The minimum Gasteiger partial charge on any atom is -0.312 e. The summed E-state index contributed by atoms with van der Waals surface area (Å²) >= 11 is 0. The Balaban J connectivity index is 3.96. The predicted molar refractivity (Wildman–Crippen MR) is 65.3 cm³/mol. The number of nitrogens with one attached hydrogen (secondary N) is 1. The second kappa shape index (κ2) is 6.60. The summed E-state index contributed by atoms with van der Waals surface area (Å²) in [6, 6.07) is -0.0825. The first-order chi connectivity index (χ1) is 6.78. The van der Waals surface area contributed by atoms with Crippen LogP contribution < -0.4 is 5.32 Å². The molecule has 0 fully saturated rings. The molecule has 6 heteroatoms. The van der Waals surface area contributed by atoms with E-state index in [1.54, 1.807) is 13.2 Å². The molecule has 0 aliphatic rings. The van der Waals surface area contributed by atoms with E-state index < -0.39 is 20.6 Å². The van der Waals surface area contributed by atoms with Crippen molar-refractivity contribution in [2.75, 3.05) is 24.3 Å². The molecule has 0 aromatic carbocycles. The van der Waals surface area contributed by atoms with Crippen LogP contribution in [-0.4, -0.2) is 48.2 Å². The number of rotatable bonds is 7. The number of hydrogen-bond donors (Lipinski definition) is 1. The smallest absolute Gasteiger partial charge is 0.151 e. The van der Waals surface area contributed by atoms with E-state index in [0.29, 0.717) is 6.54 Å². The predicted octanol–water partition coefficient (Wildman–Crippen LogP) is 0.166.